The smallest absolute Gasteiger partial charge is 0.196 e. The van der Waals surface area contributed by atoms with Gasteiger partial charge in [-0.1, -0.05) is 30.3 Å². The zero-order valence-electron chi connectivity index (χ0n) is 15.7. The molecule has 0 bridgehead atoms. The number of rotatable bonds is 4. The maximum Gasteiger partial charge on any atom is 0.196 e. The lowest BCUT2D eigenvalue weighted by atomic mass is 9.99. The van der Waals surface area contributed by atoms with E-state index in [0.29, 0.717) is 11.1 Å². The second-order valence-electron chi connectivity index (χ2n) is 6.89. The van der Waals surface area contributed by atoms with Crippen LogP contribution in [0.5, 0.6) is 5.75 Å². The molecule has 3 aromatic rings. The van der Waals surface area contributed by atoms with E-state index in [1.165, 1.54) is 0 Å². The van der Waals surface area contributed by atoms with Crippen LogP contribution in [0.1, 0.15) is 15.9 Å². The average Bonchev–Trinajstić information content (AvgIpc) is 2.73. The number of methoxy groups -OCH3 is 1. The normalized spacial score (nSPS) is 15.1. The van der Waals surface area contributed by atoms with E-state index < -0.39 is 0 Å². The van der Waals surface area contributed by atoms with E-state index in [-0.39, 0.29) is 5.78 Å². The van der Waals surface area contributed by atoms with Gasteiger partial charge in [-0.25, -0.2) is 0 Å². The summed E-state index contributed by atoms with van der Waals surface area (Å²) in [5.41, 5.74) is 3.15. The summed E-state index contributed by atoms with van der Waals surface area (Å²) in [6, 6.07) is 15.2. The predicted octanol–water partition coefficient (Wildman–Crippen LogP) is 3.23. The Morgan fingerprint density at radius 2 is 1.78 bits per heavy atom. The van der Waals surface area contributed by atoms with Crippen LogP contribution in [0.15, 0.2) is 54.7 Å². The first kappa shape index (κ1) is 17.5. The van der Waals surface area contributed by atoms with Crippen LogP contribution in [-0.4, -0.2) is 56.0 Å². The number of carbonyl (C=O) groups is 1. The van der Waals surface area contributed by atoms with Crippen molar-refractivity contribution < 1.29 is 9.53 Å². The fourth-order valence-electron chi connectivity index (χ4n) is 3.57. The molecule has 0 saturated carbocycles. The standard InChI is InChI=1S/C22H23N3O2/c1-24-10-12-25(13-11-24)21-18-14-17(27-2)8-9-20(18)23-15-19(21)22(26)16-6-4-3-5-7-16/h3-9,14-15H,10-13H2,1-2H3. The Balaban J connectivity index is 1.89. The molecular weight excluding hydrogens is 338 g/mol. The first-order chi connectivity index (χ1) is 13.2. The van der Waals surface area contributed by atoms with Crippen molar-refractivity contribution in [2.75, 3.05) is 45.2 Å². The van der Waals surface area contributed by atoms with Crippen molar-refractivity contribution in [2.24, 2.45) is 0 Å². The number of piperazine rings is 1. The molecule has 0 unspecified atom stereocenters. The Morgan fingerprint density at radius 3 is 2.48 bits per heavy atom. The largest absolute Gasteiger partial charge is 0.497 e. The highest BCUT2D eigenvalue weighted by atomic mass is 16.5. The molecule has 0 N–H and O–H groups in total. The lowest BCUT2D eigenvalue weighted by Gasteiger charge is -2.35. The lowest BCUT2D eigenvalue weighted by Crippen LogP contribution is -2.45. The minimum Gasteiger partial charge on any atom is -0.497 e. The summed E-state index contributed by atoms with van der Waals surface area (Å²) in [5, 5.41) is 0.959. The topological polar surface area (TPSA) is 45.7 Å². The van der Waals surface area contributed by atoms with E-state index in [0.717, 1.165) is 48.5 Å². The fraction of sp³-hybridized carbons (Fsp3) is 0.273. The highest BCUT2D eigenvalue weighted by Gasteiger charge is 2.24. The number of fused-ring (bicyclic) bond motifs is 1. The van der Waals surface area contributed by atoms with Crippen molar-refractivity contribution in [3.8, 4) is 5.75 Å². The summed E-state index contributed by atoms with van der Waals surface area (Å²) < 4.78 is 5.43. The van der Waals surface area contributed by atoms with Gasteiger partial charge in [-0.3, -0.25) is 9.78 Å². The Hall–Kier alpha value is -2.92. The van der Waals surface area contributed by atoms with E-state index >= 15 is 0 Å². The summed E-state index contributed by atoms with van der Waals surface area (Å²) in [7, 11) is 3.78. The maximum absolute atomic E-state index is 13.3. The Bertz CT molecular complexity index is 964. The number of aromatic nitrogens is 1. The number of hydrogen-bond acceptors (Lipinski definition) is 5. The van der Waals surface area contributed by atoms with Crippen molar-refractivity contribution in [1.82, 2.24) is 9.88 Å². The molecule has 4 rings (SSSR count). The molecular formula is C22H23N3O2. The Labute approximate surface area is 159 Å². The number of likely N-dealkylation sites (N-methyl/N-ethyl adjacent to an activating group) is 1. The van der Waals surface area contributed by atoms with E-state index in [9.17, 15) is 4.79 Å². The third kappa shape index (κ3) is 3.38. The first-order valence-electron chi connectivity index (χ1n) is 9.17. The van der Waals surface area contributed by atoms with Gasteiger partial charge in [0.25, 0.3) is 0 Å². The van der Waals surface area contributed by atoms with Crippen LogP contribution in [0.2, 0.25) is 0 Å². The van der Waals surface area contributed by atoms with E-state index in [1.807, 2.05) is 48.5 Å². The molecule has 5 heteroatoms. The van der Waals surface area contributed by atoms with Crippen molar-refractivity contribution in [3.63, 3.8) is 0 Å². The molecule has 5 nitrogen and oxygen atoms in total. The molecule has 2 aromatic carbocycles. The van der Waals surface area contributed by atoms with Crippen LogP contribution in [-0.2, 0) is 0 Å². The van der Waals surface area contributed by atoms with Gasteiger partial charge in [0.2, 0.25) is 0 Å². The number of carbonyl (C=O) groups excluding carboxylic acids is 1. The molecule has 0 aliphatic carbocycles. The highest BCUT2D eigenvalue weighted by molar-refractivity contribution is 6.16. The van der Waals surface area contributed by atoms with E-state index in [1.54, 1.807) is 13.3 Å². The van der Waals surface area contributed by atoms with Crippen LogP contribution in [0.25, 0.3) is 10.9 Å². The van der Waals surface area contributed by atoms with Crippen LogP contribution < -0.4 is 9.64 Å². The number of ether oxygens (including phenoxy) is 1. The number of pyridine rings is 1. The predicted molar refractivity (Wildman–Crippen MR) is 108 cm³/mol. The second kappa shape index (κ2) is 7.37. The van der Waals surface area contributed by atoms with Gasteiger partial charge in [-0.15, -0.1) is 0 Å². The monoisotopic (exact) mass is 361 g/mol. The molecule has 1 aliphatic rings. The summed E-state index contributed by atoms with van der Waals surface area (Å²) in [4.78, 5) is 22.4. The number of benzene rings is 2. The van der Waals surface area contributed by atoms with Crippen LogP contribution in [0.3, 0.4) is 0 Å². The molecule has 138 valence electrons. The Kier molecular flexibility index (Phi) is 4.77. The summed E-state index contributed by atoms with van der Waals surface area (Å²) in [6.45, 7) is 3.68. The molecule has 2 heterocycles. The zero-order valence-corrected chi connectivity index (χ0v) is 15.7. The van der Waals surface area contributed by atoms with Gasteiger partial charge < -0.3 is 14.5 Å². The van der Waals surface area contributed by atoms with Gasteiger partial charge >= 0.3 is 0 Å². The zero-order chi connectivity index (χ0) is 18.8. The molecule has 0 radical (unpaired) electrons. The van der Waals surface area contributed by atoms with Crippen molar-refractivity contribution in [2.45, 2.75) is 0 Å². The molecule has 0 atom stereocenters. The summed E-state index contributed by atoms with van der Waals surface area (Å²) in [5.74, 6) is 0.769. The Morgan fingerprint density at radius 1 is 1.04 bits per heavy atom. The molecule has 1 fully saturated rings. The third-order valence-corrected chi connectivity index (χ3v) is 5.15. The van der Waals surface area contributed by atoms with Gasteiger partial charge in [-0.2, -0.15) is 0 Å². The average molecular weight is 361 g/mol. The van der Waals surface area contributed by atoms with E-state index in [4.69, 9.17) is 4.74 Å². The molecule has 1 aliphatic heterocycles. The van der Waals surface area contributed by atoms with Gasteiger partial charge in [0, 0.05) is 43.3 Å². The molecule has 0 amide bonds. The molecule has 0 spiro atoms. The maximum atomic E-state index is 13.3. The highest BCUT2D eigenvalue weighted by Crippen LogP contribution is 2.34. The van der Waals surface area contributed by atoms with Gasteiger partial charge in [-0.05, 0) is 25.2 Å². The first-order valence-corrected chi connectivity index (χ1v) is 9.17. The minimum absolute atomic E-state index is 0.00162. The lowest BCUT2D eigenvalue weighted by molar-refractivity contribution is 0.103. The minimum atomic E-state index is 0.00162. The SMILES string of the molecule is COc1ccc2ncc(C(=O)c3ccccc3)c(N3CCN(C)CC3)c2c1. The molecule has 27 heavy (non-hydrogen) atoms. The number of nitrogens with zero attached hydrogens (tertiary/aromatic N) is 3. The molecule has 1 saturated heterocycles. The van der Waals surface area contributed by atoms with Crippen molar-refractivity contribution >= 4 is 22.4 Å². The summed E-state index contributed by atoms with van der Waals surface area (Å²) >= 11 is 0. The number of ketones is 1. The van der Waals surface area contributed by atoms with Gasteiger partial charge in [0.15, 0.2) is 5.78 Å². The van der Waals surface area contributed by atoms with Crippen LogP contribution in [0, 0.1) is 0 Å². The van der Waals surface area contributed by atoms with Gasteiger partial charge in [0.05, 0.1) is 23.9 Å². The van der Waals surface area contributed by atoms with Crippen LogP contribution >= 0.6 is 0 Å². The van der Waals surface area contributed by atoms with Crippen LogP contribution in [0.4, 0.5) is 5.69 Å². The molecule has 1 aromatic heterocycles. The number of anilines is 1. The van der Waals surface area contributed by atoms with E-state index in [2.05, 4.69) is 21.8 Å². The third-order valence-electron chi connectivity index (χ3n) is 5.15. The van der Waals surface area contributed by atoms with Crippen molar-refractivity contribution in [3.05, 3.63) is 65.9 Å². The van der Waals surface area contributed by atoms with Crippen molar-refractivity contribution in [1.29, 1.82) is 0 Å². The number of hydrogen-bond donors (Lipinski definition) is 0. The van der Waals surface area contributed by atoms with Gasteiger partial charge in [0.1, 0.15) is 5.75 Å². The quantitative estimate of drug-likeness (QED) is 0.668. The summed E-state index contributed by atoms with van der Waals surface area (Å²) in [6.07, 6.45) is 1.72. The second-order valence-corrected chi connectivity index (χ2v) is 6.89. The fourth-order valence-corrected chi connectivity index (χ4v) is 3.57.